The molecule has 0 fully saturated rings. The molecule has 0 amide bonds. The molecule has 232 valence electrons. The lowest BCUT2D eigenvalue weighted by Gasteiger charge is -2.18. The molecule has 0 aromatic heterocycles. The SMILES string of the molecule is c1ccc2c(-c3ccc(-c4c5ccccc5c(-c5ccc6cc(-c7cccc8ccccc78)ccc6c5)c5ccccc45)cc3)cccc2c1. The van der Waals surface area contributed by atoms with Gasteiger partial charge < -0.3 is 0 Å². The van der Waals surface area contributed by atoms with Crippen molar-refractivity contribution in [1.82, 2.24) is 0 Å². The van der Waals surface area contributed by atoms with E-state index in [4.69, 9.17) is 0 Å². The lowest BCUT2D eigenvalue weighted by atomic mass is 9.85. The van der Waals surface area contributed by atoms with Gasteiger partial charge in [0.1, 0.15) is 0 Å². The molecule has 10 aromatic rings. The second-order valence-corrected chi connectivity index (χ2v) is 13.2. The van der Waals surface area contributed by atoms with Gasteiger partial charge in [-0.2, -0.15) is 0 Å². The highest BCUT2D eigenvalue weighted by atomic mass is 14.2. The Morgan fingerprint density at radius 3 is 1.10 bits per heavy atom. The summed E-state index contributed by atoms with van der Waals surface area (Å²) in [5, 5.41) is 12.7. The van der Waals surface area contributed by atoms with Crippen molar-refractivity contribution in [3.63, 3.8) is 0 Å². The molecule has 0 N–H and O–H groups in total. The third-order valence-electron chi connectivity index (χ3n) is 10.4. The first-order valence-electron chi connectivity index (χ1n) is 17.3. The predicted molar refractivity (Wildman–Crippen MR) is 216 cm³/mol. The first kappa shape index (κ1) is 28.5. The molecule has 0 unspecified atom stereocenters. The van der Waals surface area contributed by atoms with Crippen LogP contribution < -0.4 is 0 Å². The molecular formula is C50H32. The van der Waals surface area contributed by atoms with Gasteiger partial charge in [0, 0.05) is 0 Å². The van der Waals surface area contributed by atoms with Gasteiger partial charge in [-0.15, -0.1) is 0 Å². The van der Waals surface area contributed by atoms with E-state index < -0.39 is 0 Å². The van der Waals surface area contributed by atoms with Gasteiger partial charge in [-0.05, 0) is 111 Å². The molecule has 10 rings (SSSR count). The Bertz CT molecular complexity index is 2840. The lowest BCUT2D eigenvalue weighted by Crippen LogP contribution is -1.91. The van der Waals surface area contributed by atoms with Gasteiger partial charge in [-0.1, -0.05) is 182 Å². The third kappa shape index (κ3) is 4.61. The molecule has 0 saturated heterocycles. The van der Waals surface area contributed by atoms with Crippen LogP contribution in [-0.2, 0) is 0 Å². The molecule has 0 spiro atoms. The lowest BCUT2D eigenvalue weighted by molar-refractivity contribution is 1.63. The fourth-order valence-corrected chi connectivity index (χ4v) is 8.09. The van der Waals surface area contributed by atoms with Crippen LogP contribution in [-0.4, -0.2) is 0 Å². The zero-order valence-corrected chi connectivity index (χ0v) is 27.5. The average molecular weight is 633 g/mol. The Kier molecular flexibility index (Phi) is 6.60. The third-order valence-corrected chi connectivity index (χ3v) is 10.4. The summed E-state index contributed by atoms with van der Waals surface area (Å²) < 4.78 is 0. The monoisotopic (exact) mass is 632 g/mol. The van der Waals surface area contributed by atoms with Crippen molar-refractivity contribution < 1.29 is 0 Å². The standard InChI is InChI=1S/C50H32/c1-3-15-41-33(11-1)13-9-21-43(41)35-23-25-36(26-24-35)49-45-17-5-7-19-47(45)50(48-20-8-6-18-46(48)49)40-30-28-37-31-39(29-27-38(37)32-40)44-22-10-14-34-12-2-4-16-42(34)44/h1-32H. The van der Waals surface area contributed by atoms with Gasteiger partial charge in [0.15, 0.2) is 0 Å². The van der Waals surface area contributed by atoms with Crippen molar-refractivity contribution in [2.45, 2.75) is 0 Å². The van der Waals surface area contributed by atoms with Crippen LogP contribution >= 0.6 is 0 Å². The molecule has 0 aliphatic heterocycles. The molecule has 0 aliphatic carbocycles. The maximum absolute atomic E-state index is 2.37. The van der Waals surface area contributed by atoms with E-state index in [-0.39, 0.29) is 0 Å². The van der Waals surface area contributed by atoms with Gasteiger partial charge >= 0.3 is 0 Å². The molecule has 0 nitrogen and oxygen atoms in total. The minimum atomic E-state index is 1.23. The van der Waals surface area contributed by atoms with Crippen LogP contribution in [0.3, 0.4) is 0 Å². The summed E-state index contributed by atoms with van der Waals surface area (Å²) in [5.74, 6) is 0. The van der Waals surface area contributed by atoms with E-state index in [2.05, 4.69) is 194 Å². The Morgan fingerprint density at radius 2 is 0.560 bits per heavy atom. The van der Waals surface area contributed by atoms with Crippen LogP contribution in [0, 0.1) is 0 Å². The van der Waals surface area contributed by atoms with Crippen LogP contribution in [0.2, 0.25) is 0 Å². The van der Waals surface area contributed by atoms with Crippen LogP contribution in [0.25, 0.3) is 98.4 Å². The van der Waals surface area contributed by atoms with Gasteiger partial charge in [0.25, 0.3) is 0 Å². The fourth-order valence-electron chi connectivity index (χ4n) is 8.09. The summed E-state index contributed by atoms with van der Waals surface area (Å²) in [6, 6.07) is 71.3. The van der Waals surface area contributed by atoms with Crippen LogP contribution in [0.1, 0.15) is 0 Å². The molecule has 10 aromatic carbocycles. The molecule has 0 aliphatic rings. The van der Waals surface area contributed by atoms with Crippen molar-refractivity contribution in [2.24, 2.45) is 0 Å². The Labute approximate surface area is 291 Å². The van der Waals surface area contributed by atoms with Crippen molar-refractivity contribution in [2.75, 3.05) is 0 Å². The maximum Gasteiger partial charge on any atom is -0.00262 e. The average Bonchev–Trinajstić information content (AvgIpc) is 3.19. The number of hydrogen-bond acceptors (Lipinski definition) is 0. The normalized spacial score (nSPS) is 11.6. The summed E-state index contributed by atoms with van der Waals surface area (Å²) in [6.45, 7) is 0. The topological polar surface area (TPSA) is 0 Å². The summed E-state index contributed by atoms with van der Waals surface area (Å²) in [4.78, 5) is 0. The first-order valence-corrected chi connectivity index (χ1v) is 17.3. The zero-order valence-electron chi connectivity index (χ0n) is 27.5. The van der Waals surface area contributed by atoms with E-state index in [0.29, 0.717) is 0 Å². The molecule has 50 heavy (non-hydrogen) atoms. The number of hydrogen-bond donors (Lipinski definition) is 0. The summed E-state index contributed by atoms with van der Waals surface area (Å²) >= 11 is 0. The van der Waals surface area contributed by atoms with Crippen molar-refractivity contribution in [3.8, 4) is 44.5 Å². The van der Waals surface area contributed by atoms with Crippen molar-refractivity contribution in [1.29, 1.82) is 0 Å². The Morgan fingerprint density at radius 1 is 0.200 bits per heavy atom. The molecule has 0 saturated carbocycles. The van der Waals surface area contributed by atoms with Gasteiger partial charge in [-0.25, -0.2) is 0 Å². The minimum absolute atomic E-state index is 1.23. The van der Waals surface area contributed by atoms with E-state index >= 15 is 0 Å². The quantitative estimate of drug-likeness (QED) is 0.169. The maximum atomic E-state index is 2.37. The van der Waals surface area contributed by atoms with Gasteiger partial charge in [-0.3, -0.25) is 0 Å². The summed E-state index contributed by atoms with van der Waals surface area (Å²) in [6.07, 6.45) is 0. The largest absolute Gasteiger partial charge is 0.0616 e. The minimum Gasteiger partial charge on any atom is -0.0616 e. The zero-order chi connectivity index (χ0) is 33.0. The van der Waals surface area contributed by atoms with Gasteiger partial charge in [0.2, 0.25) is 0 Å². The number of fused-ring (bicyclic) bond motifs is 5. The van der Waals surface area contributed by atoms with Crippen molar-refractivity contribution in [3.05, 3.63) is 194 Å². The molecular weight excluding hydrogens is 601 g/mol. The Balaban J connectivity index is 1.12. The summed E-state index contributed by atoms with van der Waals surface area (Å²) in [7, 11) is 0. The first-order chi connectivity index (χ1) is 24.8. The molecule has 0 atom stereocenters. The van der Waals surface area contributed by atoms with E-state index in [1.54, 1.807) is 0 Å². The summed E-state index contributed by atoms with van der Waals surface area (Å²) in [5.41, 5.74) is 10.0. The second-order valence-electron chi connectivity index (χ2n) is 13.2. The highest BCUT2D eigenvalue weighted by Crippen LogP contribution is 2.45. The van der Waals surface area contributed by atoms with E-state index in [1.165, 1.54) is 98.4 Å². The molecule has 0 radical (unpaired) electrons. The molecule has 0 heterocycles. The van der Waals surface area contributed by atoms with E-state index in [1.807, 2.05) is 0 Å². The molecule has 0 heteroatoms. The highest BCUT2D eigenvalue weighted by molar-refractivity contribution is 6.22. The smallest absolute Gasteiger partial charge is 0.00262 e. The predicted octanol–water partition coefficient (Wildman–Crippen LogP) is 14.1. The van der Waals surface area contributed by atoms with E-state index in [9.17, 15) is 0 Å². The van der Waals surface area contributed by atoms with Crippen LogP contribution in [0.15, 0.2) is 194 Å². The number of rotatable bonds is 4. The van der Waals surface area contributed by atoms with Crippen LogP contribution in [0.4, 0.5) is 0 Å². The fraction of sp³-hybridized carbons (Fsp3) is 0. The second kappa shape index (κ2) is 11.6. The van der Waals surface area contributed by atoms with Crippen LogP contribution in [0.5, 0.6) is 0 Å². The van der Waals surface area contributed by atoms with Gasteiger partial charge in [0.05, 0.1) is 0 Å². The Hall–Kier alpha value is -6.50. The number of benzene rings is 10. The van der Waals surface area contributed by atoms with E-state index in [0.717, 1.165) is 0 Å². The molecule has 0 bridgehead atoms. The highest BCUT2D eigenvalue weighted by Gasteiger charge is 2.17. The van der Waals surface area contributed by atoms with Crippen molar-refractivity contribution >= 4 is 53.9 Å².